The lowest BCUT2D eigenvalue weighted by atomic mass is 10.1. The summed E-state index contributed by atoms with van der Waals surface area (Å²) in [5.41, 5.74) is 6.02. The van der Waals surface area contributed by atoms with E-state index in [1.165, 1.54) is 0 Å². The highest BCUT2D eigenvalue weighted by atomic mass is 32.2. The lowest BCUT2D eigenvalue weighted by Gasteiger charge is -2.15. The van der Waals surface area contributed by atoms with Crippen LogP contribution in [0.25, 0.3) is 0 Å². The number of H-pyrrole nitrogens is 1. The molecule has 0 spiro atoms. The maximum Gasteiger partial charge on any atom is 0.312 e. The van der Waals surface area contributed by atoms with Gasteiger partial charge in [-0.3, -0.25) is 9.89 Å². The molecule has 0 radical (unpaired) electrons. The molecule has 8 heteroatoms. The minimum Gasteiger partial charge on any atom is -0.352 e. The Kier molecular flexibility index (Phi) is 6.37. The molecule has 1 rings (SSSR count). The molecular weight excluding hydrogens is 278 g/mol. The molecule has 3 amide bonds. The molecule has 0 aromatic carbocycles. The number of hydrogen-bond acceptors (Lipinski definition) is 4. The van der Waals surface area contributed by atoms with Gasteiger partial charge in [0, 0.05) is 11.8 Å². The van der Waals surface area contributed by atoms with Crippen LogP contribution >= 0.6 is 11.8 Å². The third-order valence-corrected chi connectivity index (χ3v) is 3.36. The number of rotatable bonds is 7. The maximum atomic E-state index is 12.1. The number of primary amides is 1. The van der Waals surface area contributed by atoms with Gasteiger partial charge in [-0.25, -0.2) is 4.79 Å². The van der Waals surface area contributed by atoms with Gasteiger partial charge in [0.2, 0.25) is 5.91 Å². The number of nitrogens with zero attached hydrogens (tertiary/aromatic N) is 1. The first kappa shape index (κ1) is 16.4. The maximum absolute atomic E-state index is 12.1. The molecule has 7 nitrogen and oxygen atoms in total. The third kappa shape index (κ3) is 5.12. The fourth-order valence-electron chi connectivity index (χ4n) is 1.59. The number of aromatic nitrogens is 2. The highest BCUT2D eigenvalue weighted by Crippen LogP contribution is 2.15. The van der Waals surface area contributed by atoms with Gasteiger partial charge in [0.25, 0.3) is 0 Å². The van der Waals surface area contributed by atoms with E-state index in [1.54, 1.807) is 17.8 Å². The van der Waals surface area contributed by atoms with E-state index < -0.39 is 12.1 Å². The van der Waals surface area contributed by atoms with Crippen LogP contribution in [0, 0.1) is 0 Å². The molecule has 1 aromatic heterocycles. The van der Waals surface area contributed by atoms with Crippen molar-refractivity contribution in [2.24, 2.45) is 5.73 Å². The van der Waals surface area contributed by atoms with Crippen LogP contribution in [-0.4, -0.2) is 40.2 Å². The molecular formula is C12H21N5O2S. The van der Waals surface area contributed by atoms with E-state index in [4.69, 9.17) is 5.73 Å². The van der Waals surface area contributed by atoms with Crippen molar-refractivity contribution in [2.75, 3.05) is 17.3 Å². The number of urea groups is 1. The molecule has 0 aliphatic heterocycles. The Bertz CT molecular complexity index is 460. The Balaban J connectivity index is 2.65. The number of anilines is 1. The molecule has 20 heavy (non-hydrogen) atoms. The number of thioether (sulfide) groups is 1. The summed E-state index contributed by atoms with van der Waals surface area (Å²) < 4.78 is 0. The Morgan fingerprint density at radius 2 is 2.20 bits per heavy atom. The Hall–Kier alpha value is -1.70. The highest BCUT2D eigenvalue weighted by molar-refractivity contribution is 7.98. The molecule has 1 heterocycles. The summed E-state index contributed by atoms with van der Waals surface area (Å²) in [4.78, 5) is 23.0. The fraction of sp³-hybridized carbons (Fsp3) is 0.583. The zero-order valence-electron chi connectivity index (χ0n) is 11.9. The average molecular weight is 299 g/mol. The van der Waals surface area contributed by atoms with Gasteiger partial charge in [-0.15, -0.1) is 0 Å². The number of nitrogens with two attached hydrogens (primary N) is 1. The number of aromatic amines is 1. The van der Waals surface area contributed by atoms with Crippen LogP contribution in [0.3, 0.4) is 0 Å². The van der Waals surface area contributed by atoms with Crippen molar-refractivity contribution in [3.05, 3.63) is 11.8 Å². The number of nitrogens with one attached hydrogen (secondary N) is 3. The van der Waals surface area contributed by atoms with Gasteiger partial charge in [-0.05, 0) is 24.3 Å². The standard InChI is InChI=1S/C12H21N5O2S/c1-7(2)9-6-10(17-16-9)15-11(18)8(4-5-20-3)14-12(13)19/h6-8H,4-5H2,1-3H3,(H3,13,14,19)(H2,15,16,17,18). The van der Waals surface area contributed by atoms with Gasteiger partial charge >= 0.3 is 6.03 Å². The fourth-order valence-corrected chi connectivity index (χ4v) is 2.06. The van der Waals surface area contributed by atoms with E-state index in [0.717, 1.165) is 11.4 Å². The van der Waals surface area contributed by atoms with E-state index in [-0.39, 0.29) is 5.91 Å². The van der Waals surface area contributed by atoms with Gasteiger partial charge in [-0.2, -0.15) is 16.9 Å². The zero-order chi connectivity index (χ0) is 15.1. The smallest absolute Gasteiger partial charge is 0.312 e. The number of hydrogen-bond donors (Lipinski definition) is 4. The summed E-state index contributed by atoms with van der Waals surface area (Å²) in [7, 11) is 0. The monoisotopic (exact) mass is 299 g/mol. The molecule has 1 aromatic rings. The van der Waals surface area contributed by atoms with Crippen molar-refractivity contribution in [1.29, 1.82) is 0 Å². The lowest BCUT2D eigenvalue weighted by molar-refractivity contribution is -0.118. The van der Waals surface area contributed by atoms with E-state index in [2.05, 4.69) is 20.8 Å². The molecule has 112 valence electrons. The molecule has 0 aliphatic carbocycles. The van der Waals surface area contributed by atoms with Gasteiger partial charge in [0.15, 0.2) is 5.82 Å². The lowest BCUT2D eigenvalue weighted by Crippen LogP contribution is -2.46. The van der Waals surface area contributed by atoms with Crippen molar-refractivity contribution in [2.45, 2.75) is 32.2 Å². The minimum atomic E-state index is -0.712. The third-order valence-electron chi connectivity index (χ3n) is 2.71. The first-order valence-corrected chi connectivity index (χ1v) is 7.74. The molecule has 0 fully saturated rings. The van der Waals surface area contributed by atoms with Crippen LogP contribution in [0.1, 0.15) is 31.9 Å². The second-order valence-electron chi connectivity index (χ2n) is 4.70. The molecule has 1 unspecified atom stereocenters. The van der Waals surface area contributed by atoms with E-state index in [9.17, 15) is 9.59 Å². The van der Waals surface area contributed by atoms with E-state index in [1.807, 2.05) is 20.1 Å². The normalized spacial score (nSPS) is 12.2. The van der Waals surface area contributed by atoms with Gasteiger partial charge in [-0.1, -0.05) is 13.8 Å². The first-order valence-electron chi connectivity index (χ1n) is 6.35. The van der Waals surface area contributed by atoms with Crippen LogP contribution in [0.5, 0.6) is 0 Å². The molecule has 1 atom stereocenters. The van der Waals surface area contributed by atoms with Gasteiger partial charge in [0.1, 0.15) is 6.04 Å². The second kappa shape index (κ2) is 7.78. The highest BCUT2D eigenvalue weighted by Gasteiger charge is 2.20. The topological polar surface area (TPSA) is 113 Å². The molecule has 0 bridgehead atoms. The first-order chi connectivity index (χ1) is 9.43. The van der Waals surface area contributed by atoms with Crippen molar-refractivity contribution >= 4 is 29.5 Å². The van der Waals surface area contributed by atoms with Crippen molar-refractivity contribution in [3.63, 3.8) is 0 Å². The Morgan fingerprint density at radius 3 is 2.70 bits per heavy atom. The number of carbonyl (C=O) groups is 2. The Labute approximate surface area is 122 Å². The predicted molar refractivity (Wildman–Crippen MR) is 80.8 cm³/mol. The second-order valence-corrected chi connectivity index (χ2v) is 5.68. The van der Waals surface area contributed by atoms with E-state index in [0.29, 0.717) is 18.2 Å². The van der Waals surface area contributed by atoms with Gasteiger partial charge < -0.3 is 16.4 Å². The summed E-state index contributed by atoms with van der Waals surface area (Å²) >= 11 is 1.59. The summed E-state index contributed by atoms with van der Waals surface area (Å²) in [6.45, 7) is 4.05. The van der Waals surface area contributed by atoms with Crippen LogP contribution in [-0.2, 0) is 4.79 Å². The quantitative estimate of drug-likeness (QED) is 0.607. The van der Waals surface area contributed by atoms with Crippen molar-refractivity contribution in [1.82, 2.24) is 15.5 Å². The van der Waals surface area contributed by atoms with Crippen molar-refractivity contribution in [3.8, 4) is 0 Å². The minimum absolute atomic E-state index is 0.296. The van der Waals surface area contributed by atoms with E-state index >= 15 is 0 Å². The summed E-state index contributed by atoms with van der Waals surface area (Å²) in [5, 5.41) is 12.0. The molecule has 5 N–H and O–H groups in total. The predicted octanol–water partition coefficient (Wildman–Crippen LogP) is 1.26. The van der Waals surface area contributed by atoms with Crippen LogP contribution in [0.2, 0.25) is 0 Å². The summed E-state index contributed by atoms with van der Waals surface area (Å²) in [5.74, 6) is 1.17. The summed E-state index contributed by atoms with van der Waals surface area (Å²) in [6, 6.07) is 0.411. The molecule has 0 aliphatic rings. The molecule has 0 saturated heterocycles. The van der Waals surface area contributed by atoms with Crippen LogP contribution in [0.4, 0.5) is 10.6 Å². The van der Waals surface area contributed by atoms with Gasteiger partial charge in [0.05, 0.1) is 0 Å². The van der Waals surface area contributed by atoms with Crippen LogP contribution < -0.4 is 16.4 Å². The number of carbonyl (C=O) groups excluding carboxylic acids is 2. The number of amides is 3. The van der Waals surface area contributed by atoms with Crippen LogP contribution in [0.15, 0.2) is 6.07 Å². The molecule has 0 saturated carbocycles. The summed E-state index contributed by atoms with van der Waals surface area (Å²) in [6.07, 6.45) is 2.44. The largest absolute Gasteiger partial charge is 0.352 e. The Morgan fingerprint density at radius 1 is 1.50 bits per heavy atom. The van der Waals surface area contributed by atoms with Crippen molar-refractivity contribution < 1.29 is 9.59 Å². The SMILES string of the molecule is CSCCC(NC(N)=O)C(=O)Nc1cc(C(C)C)[nH]n1. The average Bonchev–Trinajstić information content (AvgIpc) is 2.82. The zero-order valence-corrected chi connectivity index (χ0v) is 12.7.